The van der Waals surface area contributed by atoms with Crippen molar-refractivity contribution in [3.05, 3.63) is 88.3 Å². The number of halogens is 1. The van der Waals surface area contributed by atoms with Gasteiger partial charge in [-0.2, -0.15) is 0 Å². The summed E-state index contributed by atoms with van der Waals surface area (Å²) in [5.74, 6) is 0.344. The Hall–Kier alpha value is -2.85. The van der Waals surface area contributed by atoms with Crippen molar-refractivity contribution in [1.82, 2.24) is 4.57 Å². The van der Waals surface area contributed by atoms with Gasteiger partial charge in [-0.05, 0) is 42.5 Å². The molecule has 0 N–H and O–H groups in total. The van der Waals surface area contributed by atoms with E-state index in [-0.39, 0.29) is 17.9 Å². The van der Waals surface area contributed by atoms with Gasteiger partial charge in [-0.3, -0.25) is 9.59 Å². The lowest BCUT2D eigenvalue weighted by Crippen LogP contribution is -2.19. The van der Waals surface area contributed by atoms with Crippen molar-refractivity contribution in [1.29, 1.82) is 0 Å². The summed E-state index contributed by atoms with van der Waals surface area (Å²) in [6.07, 6.45) is 3.36. The summed E-state index contributed by atoms with van der Waals surface area (Å²) in [6.45, 7) is 3.97. The first-order chi connectivity index (χ1) is 12.1. The van der Waals surface area contributed by atoms with Gasteiger partial charge >= 0.3 is 0 Å². The van der Waals surface area contributed by atoms with E-state index in [0.29, 0.717) is 33.7 Å². The standard InChI is InChI=1S/C20H16ClNO3/c1-2-11-22-12-10-16-17(20(22)24)4-3-5-19(16)25-13-18(23)14-6-8-15(21)9-7-14/h2-10,12H,1,11,13H2. The van der Waals surface area contributed by atoms with E-state index in [0.717, 1.165) is 0 Å². The molecule has 0 spiro atoms. The fraction of sp³-hybridized carbons (Fsp3) is 0.100. The number of hydrogen-bond donors (Lipinski definition) is 0. The molecule has 0 saturated heterocycles. The highest BCUT2D eigenvalue weighted by molar-refractivity contribution is 6.30. The van der Waals surface area contributed by atoms with Crippen LogP contribution in [0.15, 0.2) is 72.2 Å². The molecule has 0 aliphatic carbocycles. The monoisotopic (exact) mass is 353 g/mol. The largest absolute Gasteiger partial charge is 0.485 e. The SMILES string of the molecule is C=CCn1ccc2c(OCC(=O)c3ccc(Cl)cc3)cccc2c1=O. The minimum absolute atomic E-state index is 0.115. The van der Waals surface area contributed by atoms with E-state index in [4.69, 9.17) is 16.3 Å². The Labute approximate surface area is 149 Å². The molecule has 1 heterocycles. The zero-order chi connectivity index (χ0) is 17.8. The molecule has 0 radical (unpaired) electrons. The predicted molar refractivity (Wildman–Crippen MR) is 99.7 cm³/mol. The van der Waals surface area contributed by atoms with Crippen molar-refractivity contribution < 1.29 is 9.53 Å². The van der Waals surface area contributed by atoms with Gasteiger partial charge < -0.3 is 9.30 Å². The third-order valence-corrected chi connectivity index (χ3v) is 4.08. The third kappa shape index (κ3) is 3.64. The number of allylic oxidation sites excluding steroid dienone is 1. The highest BCUT2D eigenvalue weighted by atomic mass is 35.5. The van der Waals surface area contributed by atoms with E-state index in [1.165, 1.54) is 0 Å². The van der Waals surface area contributed by atoms with Crippen molar-refractivity contribution in [2.75, 3.05) is 6.61 Å². The van der Waals surface area contributed by atoms with Gasteiger partial charge in [0.05, 0.1) is 5.39 Å². The van der Waals surface area contributed by atoms with Gasteiger partial charge in [-0.1, -0.05) is 23.7 Å². The number of carbonyl (C=O) groups excluding carboxylic acids is 1. The van der Waals surface area contributed by atoms with Gasteiger partial charge in [-0.15, -0.1) is 6.58 Å². The van der Waals surface area contributed by atoms with E-state index in [2.05, 4.69) is 6.58 Å². The molecule has 4 nitrogen and oxygen atoms in total. The van der Waals surface area contributed by atoms with Crippen LogP contribution in [-0.2, 0) is 6.54 Å². The van der Waals surface area contributed by atoms with Gasteiger partial charge in [0.1, 0.15) is 5.75 Å². The molecule has 1 aromatic heterocycles. The molecule has 3 rings (SSSR count). The van der Waals surface area contributed by atoms with Crippen LogP contribution in [0, 0.1) is 0 Å². The topological polar surface area (TPSA) is 48.3 Å². The molecule has 5 heteroatoms. The molecule has 0 aliphatic rings. The van der Waals surface area contributed by atoms with Crippen molar-refractivity contribution >= 4 is 28.2 Å². The van der Waals surface area contributed by atoms with Crippen LogP contribution in [0.5, 0.6) is 5.75 Å². The van der Waals surface area contributed by atoms with Gasteiger partial charge in [-0.25, -0.2) is 0 Å². The van der Waals surface area contributed by atoms with Crippen molar-refractivity contribution in [2.24, 2.45) is 0 Å². The van der Waals surface area contributed by atoms with Crippen LogP contribution in [0.4, 0.5) is 0 Å². The summed E-state index contributed by atoms with van der Waals surface area (Å²) in [6, 6.07) is 13.7. The number of ether oxygens (including phenoxy) is 1. The maximum absolute atomic E-state index is 12.4. The Morgan fingerprint density at radius 3 is 2.60 bits per heavy atom. The molecule has 0 saturated carbocycles. The molecular formula is C20H16ClNO3. The van der Waals surface area contributed by atoms with E-state index in [9.17, 15) is 9.59 Å². The molecule has 126 valence electrons. The lowest BCUT2D eigenvalue weighted by atomic mass is 10.1. The number of Topliss-reactive ketones (excluding diaryl/α,β-unsaturated/α-hetero) is 1. The normalized spacial score (nSPS) is 10.6. The molecule has 0 atom stereocenters. The third-order valence-electron chi connectivity index (χ3n) is 3.83. The Morgan fingerprint density at radius 2 is 1.88 bits per heavy atom. The van der Waals surface area contributed by atoms with E-state index < -0.39 is 0 Å². The average Bonchev–Trinajstić information content (AvgIpc) is 2.63. The lowest BCUT2D eigenvalue weighted by Gasteiger charge is -2.10. The van der Waals surface area contributed by atoms with Crippen LogP contribution in [0.3, 0.4) is 0 Å². The number of pyridine rings is 1. The van der Waals surface area contributed by atoms with Crippen molar-refractivity contribution in [3.63, 3.8) is 0 Å². The first kappa shape index (κ1) is 17.0. The van der Waals surface area contributed by atoms with E-state index in [1.807, 2.05) is 6.07 Å². The molecule has 25 heavy (non-hydrogen) atoms. The van der Waals surface area contributed by atoms with E-state index >= 15 is 0 Å². The lowest BCUT2D eigenvalue weighted by molar-refractivity contribution is 0.0922. The average molecular weight is 354 g/mol. The molecular weight excluding hydrogens is 338 g/mol. The Morgan fingerprint density at radius 1 is 1.12 bits per heavy atom. The summed E-state index contributed by atoms with van der Waals surface area (Å²) >= 11 is 5.82. The number of fused-ring (bicyclic) bond motifs is 1. The molecule has 0 aliphatic heterocycles. The Kier molecular flexibility index (Phi) is 5.00. The molecule has 2 aromatic carbocycles. The van der Waals surface area contributed by atoms with Gasteiger partial charge in [0.2, 0.25) is 0 Å². The molecule has 0 unspecified atom stereocenters. The van der Waals surface area contributed by atoms with Crippen LogP contribution < -0.4 is 10.3 Å². The number of nitrogens with zero attached hydrogens (tertiary/aromatic N) is 1. The summed E-state index contributed by atoms with van der Waals surface area (Å²) in [4.78, 5) is 24.7. The highest BCUT2D eigenvalue weighted by Gasteiger charge is 2.10. The maximum Gasteiger partial charge on any atom is 0.258 e. The maximum atomic E-state index is 12.4. The van der Waals surface area contributed by atoms with Gasteiger partial charge in [0.15, 0.2) is 12.4 Å². The fourth-order valence-electron chi connectivity index (χ4n) is 2.56. The van der Waals surface area contributed by atoms with Crippen LogP contribution in [0.2, 0.25) is 5.02 Å². The second-order valence-electron chi connectivity index (χ2n) is 5.50. The Balaban J connectivity index is 1.85. The fourth-order valence-corrected chi connectivity index (χ4v) is 2.69. The highest BCUT2D eigenvalue weighted by Crippen LogP contribution is 2.23. The number of benzene rings is 2. The smallest absolute Gasteiger partial charge is 0.258 e. The number of rotatable bonds is 6. The van der Waals surface area contributed by atoms with Crippen LogP contribution in [0.1, 0.15) is 10.4 Å². The summed E-state index contributed by atoms with van der Waals surface area (Å²) in [7, 11) is 0. The number of carbonyl (C=O) groups is 1. The first-order valence-electron chi connectivity index (χ1n) is 7.75. The Bertz CT molecular complexity index is 990. The minimum atomic E-state index is -0.159. The number of hydrogen-bond acceptors (Lipinski definition) is 3. The molecule has 0 bridgehead atoms. The van der Waals surface area contributed by atoms with E-state index in [1.54, 1.807) is 59.3 Å². The van der Waals surface area contributed by atoms with Crippen LogP contribution in [-0.4, -0.2) is 17.0 Å². The van der Waals surface area contributed by atoms with Crippen LogP contribution >= 0.6 is 11.6 Å². The van der Waals surface area contributed by atoms with Gasteiger partial charge in [0, 0.05) is 28.7 Å². The summed E-state index contributed by atoms with van der Waals surface area (Å²) < 4.78 is 7.24. The number of aromatic nitrogens is 1. The molecule has 0 fully saturated rings. The summed E-state index contributed by atoms with van der Waals surface area (Å²) in [5.41, 5.74) is 0.407. The predicted octanol–water partition coefficient (Wildman–Crippen LogP) is 4.10. The molecule has 3 aromatic rings. The quantitative estimate of drug-likeness (QED) is 0.495. The minimum Gasteiger partial charge on any atom is -0.485 e. The van der Waals surface area contributed by atoms with Crippen molar-refractivity contribution in [2.45, 2.75) is 6.54 Å². The summed E-state index contributed by atoms with van der Waals surface area (Å²) in [5, 5.41) is 1.79. The molecule has 0 amide bonds. The second-order valence-corrected chi connectivity index (χ2v) is 5.93. The number of ketones is 1. The zero-order valence-electron chi connectivity index (χ0n) is 13.4. The van der Waals surface area contributed by atoms with Crippen molar-refractivity contribution in [3.8, 4) is 5.75 Å². The first-order valence-corrected chi connectivity index (χ1v) is 8.12. The second kappa shape index (κ2) is 7.36. The zero-order valence-corrected chi connectivity index (χ0v) is 14.2. The van der Waals surface area contributed by atoms with Crippen LogP contribution in [0.25, 0.3) is 10.8 Å². The van der Waals surface area contributed by atoms with Gasteiger partial charge in [0.25, 0.3) is 5.56 Å².